The highest BCUT2D eigenvalue weighted by Gasteiger charge is 1.87. The Morgan fingerprint density at radius 3 is 2.47 bits per heavy atom. The second kappa shape index (κ2) is 7.61. The SMILES string of the molecule is CC(C)=CCC/C(C)=C/C=Nc1ccccc1. The lowest BCUT2D eigenvalue weighted by Gasteiger charge is -1.96. The van der Waals surface area contributed by atoms with Gasteiger partial charge in [0.15, 0.2) is 0 Å². The fourth-order valence-corrected chi connectivity index (χ4v) is 1.44. The maximum Gasteiger partial charge on any atom is 0.0629 e. The molecule has 0 saturated carbocycles. The number of rotatable bonds is 5. The second-order valence-corrected chi connectivity index (χ2v) is 4.45. The topological polar surface area (TPSA) is 12.4 Å². The first-order chi connectivity index (χ1) is 8.18. The standard InChI is InChI=1S/C16H21N/c1-14(2)8-7-9-15(3)12-13-17-16-10-5-4-6-11-16/h4-6,8,10-13H,7,9H2,1-3H3/b15-12+,17-13?. The Hall–Kier alpha value is -1.63. The molecule has 1 aromatic carbocycles. The van der Waals surface area contributed by atoms with Crippen molar-refractivity contribution in [2.45, 2.75) is 33.6 Å². The van der Waals surface area contributed by atoms with E-state index < -0.39 is 0 Å². The quantitative estimate of drug-likeness (QED) is 0.491. The first-order valence-electron chi connectivity index (χ1n) is 6.06. The van der Waals surface area contributed by atoms with E-state index in [4.69, 9.17) is 0 Å². The van der Waals surface area contributed by atoms with Gasteiger partial charge in [-0.3, -0.25) is 4.99 Å². The summed E-state index contributed by atoms with van der Waals surface area (Å²) in [7, 11) is 0. The van der Waals surface area contributed by atoms with Crippen LogP contribution in [0, 0.1) is 0 Å². The van der Waals surface area contributed by atoms with Crippen LogP contribution in [0.15, 0.2) is 58.6 Å². The summed E-state index contributed by atoms with van der Waals surface area (Å²) in [6.07, 6.45) is 8.46. The number of hydrogen-bond acceptors (Lipinski definition) is 1. The van der Waals surface area contributed by atoms with Crippen molar-refractivity contribution in [1.82, 2.24) is 0 Å². The van der Waals surface area contributed by atoms with Crippen molar-refractivity contribution in [3.05, 3.63) is 53.6 Å². The zero-order chi connectivity index (χ0) is 12.5. The molecule has 17 heavy (non-hydrogen) atoms. The van der Waals surface area contributed by atoms with Gasteiger partial charge in [-0.2, -0.15) is 0 Å². The van der Waals surface area contributed by atoms with Crippen LogP contribution in [0.1, 0.15) is 33.6 Å². The lowest BCUT2D eigenvalue weighted by Crippen LogP contribution is -1.78. The summed E-state index contributed by atoms with van der Waals surface area (Å²) in [5.74, 6) is 0. The Morgan fingerprint density at radius 1 is 1.12 bits per heavy atom. The molecule has 1 aromatic rings. The van der Waals surface area contributed by atoms with E-state index in [0.717, 1.165) is 18.5 Å². The van der Waals surface area contributed by atoms with Gasteiger partial charge in [-0.15, -0.1) is 0 Å². The fourth-order valence-electron chi connectivity index (χ4n) is 1.44. The lowest BCUT2D eigenvalue weighted by molar-refractivity contribution is 0.969. The molecule has 0 bridgehead atoms. The molecular weight excluding hydrogens is 206 g/mol. The van der Waals surface area contributed by atoms with Gasteiger partial charge >= 0.3 is 0 Å². The number of hydrogen-bond donors (Lipinski definition) is 0. The molecule has 0 radical (unpaired) electrons. The number of para-hydroxylation sites is 1. The van der Waals surface area contributed by atoms with Crippen LogP contribution in [0.4, 0.5) is 5.69 Å². The van der Waals surface area contributed by atoms with Gasteiger partial charge in [-0.1, -0.05) is 35.4 Å². The first kappa shape index (κ1) is 13.4. The number of allylic oxidation sites excluding steroid dienone is 4. The molecule has 1 rings (SSSR count). The van der Waals surface area contributed by atoms with Crippen molar-refractivity contribution in [2.75, 3.05) is 0 Å². The van der Waals surface area contributed by atoms with Crippen LogP contribution in [-0.2, 0) is 0 Å². The zero-order valence-corrected chi connectivity index (χ0v) is 11.0. The Bertz CT molecular complexity index is 406. The van der Waals surface area contributed by atoms with Crippen molar-refractivity contribution in [3.63, 3.8) is 0 Å². The van der Waals surface area contributed by atoms with Crippen molar-refractivity contribution in [1.29, 1.82) is 0 Å². The van der Waals surface area contributed by atoms with Crippen molar-refractivity contribution < 1.29 is 0 Å². The maximum atomic E-state index is 4.37. The predicted molar refractivity (Wildman–Crippen MR) is 77.0 cm³/mol. The van der Waals surface area contributed by atoms with Crippen molar-refractivity contribution in [2.24, 2.45) is 4.99 Å². The summed E-state index contributed by atoms with van der Waals surface area (Å²) in [6.45, 7) is 6.42. The summed E-state index contributed by atoms with van der Waals surface area (Å²) in [5.41, 5.74) is 3.75. The monoisotopic (exact) mass is 227 g/mol. The molecule has 0 aliphatic rings. The smallest absolute Gasteiger partial charge is 0.0629 e. The van der Waals surface area contributed by atoms with Gasteiger partial charge < -0.3 is 0 Å². The van der Waals surface area contributed by atoms with E-state index in [0.29, 0.717) is 0 Å². The van der Waals surface area contributed by atoms with Gasteiger partial charge in [0.05, 0.1) is 5.69 Å². The van der Waals surface area contributed by atoms with E-state index >= 15 is 0 Å². The van der Waals surface area contributed by atoms with Crippen molar-refractivity contribution >= 4 is 11.9 Å². The van der Waals surface area contributed by atoms with Crippen LogP contribution in [0.2, 0.25) is 0 Å². The van der Waals surface area contributed by atoms with Gasteiger partial charge in [0, 0.05) is 6.21 Å². The number of nitrogens with zero attached hydrogens (tertiary/aromatic N) is 1. The Balaban J connectivity index is 2.42. The van der Waals surface area contributed by atoms with E-state index in [1.165, 1.54) is 11.1 Å². The average Bonchev–Trinajstić information content (AvgIpc) is 2.30. The van der Waals surface area contributed by atoms with Gasteiger partial charge in [-0.25, -0.2) is 0 Å². The third kappa shape index (κ3) is 6.52. The largest absolute Gasteiger partial charge is 0.257 e. The minimum Gasteiger partial charge on any atom is -0.257 e. The maximum absolute atomic E-state index is 4.37. The molecule has 0 atom stereocenters. The van der Waals surface area contributed by atoms with Gasteiger partial charge in [0.2, 0.25) is 0 Å². The van der Waals surface area contributed by atoms with Crippen LogP contribution in [0.25, 0.3) is 0 Å². The van der Waals surface area contributed by atoms with E-state index in [1.54, 1.807) is 0 Å². The van der Waals surface area contributed by atoms with E-state index in [-0.39, 0.29) is 0 Å². The number of aliphatic imine (C=N–C) groups is 1. The second-order valence-electron chi connectivity index (χ2n) is 4.45. The molecule has 90 valence electrons. The molecule has 0 aromatic heterocycles. The van der Waals surface area contributed by atoms with Crippen LogP contribution < -0.4 is 0 Å². The molecule has 0 heterocycles. The third-order valence-electron chi connectivity index (χ3n) is 2.43. The molecule has 0 aliphatic heterocycles. The third-order valence-corrected chi connectivity index (χ3v) is 2.43. The minimum absolute atomic E-state index is 1.00. The van der Waals surface area contributed by atoms with Crippen LogP contribution in [0.3, 0.4) is 0 Å². The molecule has 0 amide bonds. The Kier molecular flexibility index (Phi) is 6.02. The lowest BCUT2D eigenvalue weighted by atomic mass is 10.1. The fraction of sp³-hybridized carbons (Fsp3) is 0.312. The molecule has 1 heteroatoms. The summed E-state index contributed by atoms with van der Waals surface area (Å²) in [4.78, 5) is 4.37. The normalized spacial score (nSPS) is 11.8. The summed E-state index contributed by atoms with van der Waals surface area (Å²) < 4.78 is 0. The van der Waals surface area contributed by atoms with Gasteiger partial charge in [0.1, 0.15) is 0 Å². The molecule has 0 N–H and O–H groups in total. The van der Waals surface area contributed by atoms with E-state index in [9.17, 15) is 0 Å². The highest BCUT2D eigenvalue weighted by Crippen LogP contribution is 2.09. The van der Waals surface area contributed by atoms with Crippen LogP contribution >= 0.6 is 0 Å². The van der Waals surface area contributed by atoms with E-state index in [1.807, 2.05) is 36.5 Å². The molecule has 0 spiro atoms. The van der Waals surface area contributed by atoms with Gasteiger partial charge in [0.25, 0.3) is 0 Å². The number of benzene rings is 1. The summed E-state index contributed by atoms with van der Waals surface area (Å²) >= 11 is 0. The Labute approximate surface area is 105 Å². The molecule has 0 unspecified atom stereocenters. The predicted octanol–water partition coefficient (Wildman–Crippen LogP) is 5.08. The van der Waals surface area contributed by atoms with E-state index in [2.05, 4.69) is 37.9 Å². The van der Waals surface area contributed by atoms with Gasteiger partial charge in [-0.05, 0) is 51.8 Å². The summed E-state index contributed by atoms with van der Waals surface area (Å²) in [6, 6.07) is 10.0. The van der Waals surface area contributed by atoms with Crippen molar-refractivity contribution in [3.8, 4) is 0 Å². The highest BCUT2D eigenvalue weighted by molar-refractivity contribution is 5.75. The Morgan fingerprint density at radius 2 is 1.82 bits per heavy atom. The minimum atomic E-state index is 1.00. The molecular formula is C16H21N. The van der Waals surface area contributed by atoms with Crippen LogP contribution in [-0.4, -0.2) is 6.21 Å². The highest BCUT2D eigenvalue weighted by atomic mass is 14.7. The van der Waals surface area contributed by atoms with Crippen LogP contribution in [0.5, 0.6) is 0 Å². The molecule has 0 fully saturated rings. The molecule has 0 aliphatic carbocycles. The summed E-state index contributed by atoms with van der Waals surface area (Å²) in [5, 5.41) is 0. The average molecular weight is 227 g/mol. The zero-order valence-electron chi connectivity index (χ0n) is 11.0. The molecule has 0 saturated heterocycles. The molecule has 1 nitrogen and oxygen atoms in total. The first-order valence-corrected chi connectivity index (χ1v) is 6.06.